The quantitative estimate of drug-likeness (QED) is 0.458. The number of nitrogens with zero attached hydrogens (tertiary/aromatic N) is 3. The minimum absolute atomic E-state index is 0.168. The number of carboxylic acids is 1. The van der Waals surface area contributed by atoms with E-state index in [1.54, 1.807) is 24.3 Å². The van der Waals surface area contributed by atoms with E-state index in [4.69, 9.17) is 9.47 Å². The van der Waals surface area contributed by atoms with Crippen molar-refractivity contribution in [2.75, 3.05) is 12.1 Å². The third-order valence-corrected chi connectivity index (χ3v) is 6.53. The largest absolute Gasteiger partial charge is 0.481 e. The maximum Gasteiger partial charge on any atom is 0.306 e. The third kappa shape index (κ3) is 4.99. The van der Waals surface area contributed by atoms with Gasteiger partial charge in [-0.15, -0.1) is 0 Å². The lowest BCUT2D eigenvalue weighted by molar-refractivity contribution is -0.143. The van der Waals surface area contributed by atoms with E-state index in [9.17, 15) is 19.5 Å². The molecule has 2 aromatic carbocycles. The molecule has 36 heavy (non-hydrogen) atoms. The molecule has 1 aromatic heterocycles. The normalized spacial score (nSPS) is 18.4. The zero-order chi connectivity index (χ0) is 25.1. The van der Waals surface area contributed by atoms with Crippen LogP contribution in [0.2, 0.25) is 0 Å². The standard InChI is InChI=1S/C25H25N5O6/c31-23(16-2-4-17(5-3-16)25(33)34)29-20-7-6-18(30-13-26-12-28-30)10-19(20)24(32)27-11-15-1-8-21-22(9-15)36-14-35-21/h1,6-10,12-13,16-17H,2-5,11,14H2,(H,27,32)(H,29,31)(H,33,34)/t16-,17-. The predicted molar refractivity (Wildman–Crippen MR) is 127 cm³/mol. The van der Waals surface area contributed by atoms with Crippen molar-refractivity contribution in [3.8, 4) is 17.2 Å². The number of rotatable bonds is 7. The maximum absolute atomic E-state index is 13.2. The first-order valence-corrected chi connectivity index (χ1v) is 11.7. The Balaban J connectivity index is 1.32. The van der Waals surface area contributed by atoms with Crippen LogP contribution >= 0.6 is 0 Å². The molecule has 1 fully saturated rings. The number of carboxylic acid groups (broad SMARTS) is 1. The molecule has 186 valence electrons. The topological polar surface area (TPSA) is 145 Å². The van der Waals surface area contributed by atoms with Crippen LogP contribution in [0.3, 0.4) is 0 Å². The number of benzene rings is 2. The zero-order valence-electron chi connectivity index (χ0n) is 19.3. The van der Waals surface area contributed by atoms with E-state index in [0.717, 1.165) is 5.56 Å². The first-order chi connectivity index (χ1) is 17.5. The number of hydrogen-bond donors (Lipinski definition) is 3. The molecule has 0 radical (unpaired) electrons. The number of carbonyl (C=O) groups is 3. The van der Waals surface area contributed by atoms with E-state index < -0.39 is 11.9 Å². The van der Waals surface area contributed by atoms with Crippen LogP contribution in [0.25, 0.3) is 5.69 Å². The van der Waals surface area contributed by atoms with Gasteiger partial charge in [-0.1, -0.05) is 6.07 Å². The molecule has 1 aliphatic carbocycles. The number of hydrogen-bond acceptors (Lipinski definition) is 7. The summed E-state index contributed by atoms with van der Waals surface area (Å²) >= 11 is 0. The summed E-state index contributed by atoms with van der Waals surface area (Å²) < 4.78 is 12.2. The molecule has 3 N–H and O–H groups in total. The van der Waals surface area contributed by atoms with Gasteiger partial charge in [0.25, 0.3) is 5.91 Å². The van der Waals surface area contributed by atoms with Gasteiger partial charge in [-0.05, 0) is 61.6 Å². The maximum atomic E-state index is 13.2. The minimum atomic E-state index is -0.820. The molecule has 1 aliphatic heterocycles. The van der Waals surface area contributed by atoms with E-state index in [-0.39, 0.29) is 36.6 Å². The van der Waals surface area contributed by atoms with Crippen LogP contribution in [0, 0.1) is 11.8 Å². The Morgan fingerprint density at radius 2 is 1.78 bits per heavy atom. The summed E-state index contributed by atoms with van der Waals surface area (Å²) in [5.74, 6) is -0.849. The Bertz CT molecular complexity index is 1280. The Labute approximate surface area is 206 Å². The van der Waals surface area contributed by atoms with Crippen molar-refractivity contribution < 1.29 is 29.0 Å². The fraction of sp³-hybridized carbons (Fsp3) is 0.320. The van der Waals surface area contributed by atoms with Gasteiger partial charge in [0.15, 0.2) is 11.5 Å². The Morgan fingerprint density at radius 1 is 1.00 bits per heavy atom. The molecule has 5 rings (SSSR count). The van der Waals surface area contributed by atoms with Gasteiger partial charge in [0, 0.05) is 12.5 Å². The van der Waals surface area contributed by atoms with Crippen molar-refractivity contribution in [2.45, 2.75) is 32.2 Å². The van der Waals surface area contributed by atoms with Crippen molar-refractivity contribution >= 4 is 23.5 Å². The molecule has 0 bridgehead atoms. The van der Waals surface area contributed by atoms with Gasteiger partial charge in [-0.25, -0.2) is 9.67 Å². The first kappa shape index (κ1) is 23.3. The Kier molecular flexibility index (Phi) is 6.52. The van der Waals surface area contributed by atoms with Gasteiger partial charge in [0.05, 0.1) is 22.9 Å². The first-order valence-electron chi connectivity index (χ1n) is 11.7. The van der Waals surface area contributed by atoms with Gasteiger partial charge in [-0.3, -0.25) is 14.4 Å². The highest BCUT2D eigenvalue weighted by molar-refractivity contribution is 6.04. The van der Waals surface area contributed by atoms with Crippen LogP contribution < -0.4 is 20.1 Å². The van der Waals surface area contributed by atoms with E-state index in [1.807, 2.05) is 12.1 Å². The van der Waals surface area contributed by atoms with Crippen LogP contribution in [-0.4, -0.2) is 44.4 Å². The molecule has 2 aliphatic rings. The Hall–Kier alpha value is -4.41. The SMILES string of the molecule is O=C(NCc1ccc2c(c1)OCO2)c1cc(-n2cncn2)ccc1NC(=O)[C@H]1CC[C@H](C(=O)O)CC1. The summed E-state index contributed by atoms with van der Waals surface area (Å²) in [7, 11) is 0. The molecule has 3 aromatic rings. The minimum Gasteiger partial charge on any atom is -0.481 e. The average Bonchev–Trinajstić information content (AvgIpc) is 3.59. The summed E-state index contributed by atoms with van der Waals surface area (Å²) in [4.78, 5) is 41.4. The average molecular weight is 492 g/mol. The van der Waals surface area contributed by atoms with Gasteiger partial charge >= 0.3 is 5.97 Å². The molecular formula is C25H25N5O6. The van der Waals surface area contributed by atoms with E-state index in [1.165, 1.54) is 17.3 Å². The second-order valence-corrected chi connectivity index (χ2v) is 8.82. The summed E-state index contributed by atoms with van der Waals surface area (Å²) in [6, 6.07) is 10.5. The molecule has 11 nitrogen and oxygen atoms in total. The summed E-state index contributed by atoms with van der Waals surface area (Å²) in [5, 5.41) is 19.1. The molecule has 0 spiro atoms. The lowest BCUT2D eigenvalue weighted by Crippen LogP contribution is -2.31. The molecule has 2 heterocycles. The molecule has 11 heteroatoms. The van der Waals surface area contributed by atoms with E-state index >= 15 is 0 Å². The second-order valence-electron chi connectivity index (χ2n) is 8.82. The summed E-state index contributed by atoms with van der Waals surface area (Å²) in [6.07, 6.45) is 4.81. The predicted octanol–water partition coefficient (Wildman–Crippen LogP) is 2.76. The second kappa shape index (κ2) is 10.1. The number of amides is 2. The summed E-state index contributed by atoms with van der Waals surface area (Å²) in [6.45, 7) is 0.414. The number of nitrogens with one attached hydrogen (secondary N) is 2. The highest BCUT2D eigenvalue weighted by Crippen LogP contribution is 2.33. The van der Waals surface area contributed by atoms with Crippen LogP contribution in [-0.2, 0) is 16.1 Å². The summed E-state index contributed by atoms with van der Waals surface area (Å²) in [5.41, 5.74) is 2.09. The van der Waals surface area contributed by atoms with Crippen LogP contribution in [0.15, 0.2) is 49.1 Å². The third-order valence-electron chi connectivity index (χ3n) is 6.53. The number of carbonyl (C=O) groups excluding carboxylic acids is 2. The van der Waals surface area contributed by atoms with E-state index in [0.29, 0.717) is 48.6 Å². The molecule has 0 saturated heterocycles. The molecule has 0 atom stereocenters. The number of anilines is 1. The van der Waals surface area contributed by atoms with Crippen molar-refractivity contribution in [1.82, 2.24) is 20.1 Å². The van der Waals surface area contributed by atoms with Crippen LogP contribution in [0.5, 0.6) is 11.5 Å². The van der Waals surface area contributed by atoms with Crippen molar-refractivity contribution in [2.24, 2.45) is 11.8 Å². The number of aromatic nitrogens is 3. The van der Waals surface area contributed by atoms with Crippen molar-refractivity contribution in [3.05, 3.63) is 60.2 Å². The number of aliphatic carboxylic acids is 1. The monoisotopic (exact) mass is 491 g/mol. The highest BCUT2D eigenvalue weighted by Gasteiger charge is 2.30. The highest BCUT2D eigenvalue weighted by atomic mass is 16.7. The molecule has 2 amide bonds. The number of fused-ring (bicyclic) bond motifs is 1. The Morgan fingerprint density at radius 3 is 2.53 bits per heavy atom. The lowest BCUT2D eigenvalue weighted by atomic mass is 9.81. The fourth-order valence-electron chi connectivity index (χ4n) is 4.48. The van der Waals surface area contributed by atoms with Gasteiger partial charge in [0.1, 0.15) is 12.7 Å². The smallest absolute Gasteiger partial charge is 0.306 e. The van der Waals surface area contributed by atoms with Crippen LogP contribution in [0.1, 0.15) is 41.6 Å². The van der Waals surface area contributed by atoms with Crippen molar-refractivity contribution in [3.63, 3.8) is 0 Å². The fourth-order valence-corrected chi connectivity index (χ4v) is 4.48. The zero-order valence-corrected chi connectivity index (χ0v) is 19.3. The molecule has 0 unspecified atom stereocenters. The number of ether oxygens (including phenoxy) is 2. The van der Waals surface area contributed by atoms with E-state index in [2.05, 4.69) is 20.7 Å². The van der Waals surface area contributed by atoms with Crippen LogP contribution in [0.4, 0.5) is 5.69 Å². The lowest BCUT2D eigenvalue weighted by Gasteiger charge is -2.25. The molecule has 1 saturated carbocycles. The molecular weight excluding hydrogens is 466 g/mol. The van der Waals surface area contributed by atoms with Gasteiger partial charge in [0.2, 0.25) is 12.7 Å². The van der Waals surface area contributed by atoms with Crippen molar-refractivity contribution in [1.29, 1.82) is 0 Å². The van der Waals surface area contributed by atoms with Gasteiger partial charge < -0.3 is 25.2 Å². The van der Waals surface area contributed by atoms with Gasteiger partial charge in [-0.2, -0.15) is 5.10 Å².